The van der Waals surface area contributed by atoms with E-state index in [1.807, 2.05) is 42.9 Å². The molecule has 0 bridgehead atoms. The first-order valence-corrected chi connectivity index (χ1v) is 22.6. The molecule has 0 spiro atoms. The fraction of sp³-hybridized carbons (Fsp3) is 0.0317. The summed E-state index contributed by atoms with van der Waals surface area (Å²) in [6.07, 6.45) is 14.6. The number of hydrogen-bond donors (Lipinski definition) is 0. The second-order valence-corrected chi connectivity index (χ2v) is 16.7. The van der Waals surface area contributed by atoms with E-state index in [2.05, 4.69) is 216 Å². The molecule has 0 N–H and O–H groups in total. The number of rotatable bonds is 10. The third-order valence-electron chi connectivity index (χ3n) is 12.5. The highest BCUT2D eigenvalue weighted by molar-refractivity contribution is 5.94. The van der Waals surface area contributed by atoms with Crippen LogP contribution in [-0.4, -0.2) is 15.0 Å². The minimum atomic E-state index is 0.962. The van der Waals surface area contributed by atoms with Gasteiger partial charge in [0.15, 0.2) is 0 Å². The molecule has 0 atom stereocenters. The predicted molar refractivity (Wildman–Crippen MR) is 275 cm³/mol. The van der Waals surface area contributed by atoms with Crippen LogP contribution >= 0.6 is 0 Å². The molecular formula is C63H45N3. The summed E-state index contributed by atoms with van der Waals surface area (Å²) >= 11 is 0. The molecular weight excluding hydrogens is 799 g/mol. The van der Waals surface area contributed by atoms with E-state index in [1.165, 1.54) is 44.5 Å². The number of pyridine rings is 3. The molecule has 0 saturated heterocycles. The molecule has 1 aliphatic carbocycles. The molecule has 0 radical (unpaired) electrons. The summed E-state index contributed by atoms with van der Waals surface area (Å²) in [5, 5.41) is 0. The maximum atomic E-state index is 4.79. The number of benzene rings is 7. The van der Waals surface area contributed by atoms with Crippen LogP contribution in [0, 0.1) is 0 Å². The largest absolute Gasteiger partial charge is 0.256 e. The molecule has 0 fully saturated rings. The molecule has 11 rings (SSSR count). The lowest BCUT2D eigenvalue weighted by atomic mass is 9.86. The quantitative estimate of drug-likeness (QED) is 0.138. The summed E-state index contributed by atoms with van der Waals surface area (Å²) in [6.45, 7) is 0. The Balaban J connectivity index is 1.02. The summed E-state index contributed by atoms with van der Waals surface area (Å²) in [4.78, 5) is 14.0. The minimum absolute atomic E-state index is 0.962. The highest BCUT2D eigenvalue weighted by Gasteiger charge is 2.17. The second-order valence-electron chi connectivity index (χ2n) is 16.7. The van der Waals surface area contributed by atoms with Crippen LogP contribution in [0.1, 0.15) is 18.4 Å². The van der Waals surface area contributed by atoms with Crippen LogP contribution in [0.3, 0.4) is 0 Å². The third-order valence-corrected chi connectivity index (χ3v) is 12.5. The summed E-state index contributed by atoms with van der Waals surface area (Å²) in [5.74, 6) is 0. The maximum Gasteiger partial charge on any atom is 0.0708 e. The summed E-state index contributed by atoms with van der Waals surface area (Å²) < 4.78 is 0. The van der Waals surface area contributed by atoms with E-state index in [0.29, 0.717) is 0 Å². The van der Waals surface area contributed by atoms with Crippen LogP contribution in [-0.2, 0) is 0 Å². The van der Waals surface area contributed by atoms with Crippen molar-refractivity contribution in [3.63, 3.8) is 0 Å². The van der Waals surface area contributed by atoms with Crippen LogP contribution in [0.25, 0.3) is 106 Å². The second kappa shape index (κ2) is 18.3. The Kier molecular flexibility index (Phi) is 11.2. The molecule has 3 heteroatoms. The fourth-order valence-electron chi connectivity index (χ4n) is 9.18. The van der Waals surface area contributed by atoms with Crippen LogP contribution in [0.15, 0.2) is 249 Å². The van der Waals surface area contributed by atoms with Crippen LogP contribution in [0.4, 0.5) is 0 Å². The zero-order chi connectivity index (χ0) is 44.1. The minimum Gasteiger partial charge on any atom is -0.256 e. The average molecular weight is 844 g/mol. The molecule has 7 aromatic carbocycles. The van der Waals surface area contributed by atoms with Gasteiger partial charge >= 0.3 is 0 Å². The molecule has 312 valence electrons. The van der Waals surface area contributed by atoms with Crippen molar-refractivity contribution in [1.29, 1.82) is 0 Å². The van der Waals surface area contributed by atoms with Crippen molar-refractivity contribution in [2.24, 2.45) is 0 Å². The molecule has 66 heavy (non-hydrogen) atoms. The highest BCUT2D eigenvalue weighted by Crippen LogP contribution is 2.43. The molecule has 0 amide bonds. The number of hydrogen-bond acceptors (Lipinski definition) is 3. The summed E-state index contributed by atoms with van der Waals surface area (Å²) in [7, 11) is 0. The van der Waals surface area contributed by atoms with Gasteiger partial charge in [-0.1, -0.05) is 176 Å². The van der Waals surface area contributed by atoms with Crippen LogP contribution in [0.2, 0.25) is 0 Å². The first-order valence-electron chi connectivity index (χ1n) is 22.6. The van der Waals surface area contributed by atoms with E-state index >= 15 is 0 Å². The molecule has 10 aromatic rings. The van der Waals surface area contributed by atoms with Crippen LogP contribution in [0.5, 0.6) is 0 Å². The molecule has 1 aliphatic rings. The van der Waals surface area contributed by atoms with E-state index < -0.39 is 0 Å². The topological polar surface area (TPSA) is 38.7 Å². The lowest BCUT2D eigenvalue weighted by Crippen LogP contribution is -1.92. The van der Waals surface area contributed by atoms with Gasteiger partial charge in [-0.25, -0.2) is 0 Å². The van der Waals surface area contributed by atoms with Gasteiger partial charge in [0.25, 0.3) is 0 Å². The van der Waals surface area contributed by atoms with E-state index in [4.69, 9.17) is 4.98 Å². The Morgan fingerprint density at radius 2 is 0.621 bits per heavy atom. The van der Waals surface area contributed by atoms with Crippen molar-refractivity contribution in [3.8, 4) is 101 Å². The zero-order valence-electron chi connectivity index (χ0n) is 36.4. The lowest BCUT2D eigenvalue weighted by Gasteiger charge is -2.18. The van der Waals surface area contributed by atoms with E-state index in [-0.39, 0.29) is 0 Å². The third kappa shape index (κ3) is 8.34. The van der Waals surface area contributed by atoms with Gasteiger partial charge in [0.05, 0.1) is 17.1 Å². The standard InChI is InChI=1S/C63H45N3/c1-2-14-44(15-3-1)51-36-39-66-63(43-51)50-34-28-47(29-35-50)57-18-6-9-21-60(57)54-41-52(58-19-7-4-16-55(58)45-24-30-48(31-25-45)61-22-10-12-37-64-61)40-53(42-54)59-20-8-5-17-56(59)46-26-32-49(33-27-46)62-23-11-13-38-65-62/h2,4-43H,1,3H2. The van der Waals surface area contributed by atoms with Crippen molar-refractivity contribution >= 4 is 5.57 Å². The first kappa shape index (κ1) is 40.3. The maximum absolute atomic E-state index is 4.79. The molecule has 0 saturated carbocycles. The van der Waals surface area contributed by atoms with Gasteiger partial charge in [0, 0.05) is 35.3 Å². The Hall–Kier alpha value is -8.53. The zero-order valence-corrected chi connectivity index (χ0v) is 36.4. The van der Waals surface area contributed by atoms with Gasteiger partial charge in [0.2, 0.25) is 0 Å². The molecule has 3 nitrogen and oxygen atoms in total. The number of nitrogens with zero attached hydrogens (tertiary/aromatic N) is 3. The Bertz CT molecular complexity index is 3220. The Morgan fingerprint density at radius 1 is 0.258 bits per heavy atom. The number of allylic oxidation sites excluding steroid dienone is 4. The van der Waals surface area contributed by atoms with Gasteiger partial charge < -0.3 is 0 Å². The fourth-order valence-corrected chi connectivity index (χ4v) is 9.18. The van der Waals surface area contributed by atoms with Crippen molar-refractivity contribution < 1.29 is 0 Å². The normalized spacial score (nSPS) is 12.2. The lowest BCUT2D eigenvalue weighted by molar-refractivity contribution is 1.04. The predicted octanol–water partition coefficient (Wildman–Crippen LogP) is 16.6. The van der Waals surface area contributed by atoms with Gasteiger partial charge in [-0.05, 0) is 145 Å². The van der Waals surface area contributed by atoms with Gasteiger partial charge in [0.1, 0.15) is 0 Å². The average Bonchev–Trinajstić information content (AvgIpc) is 3.42. The van der Waals surface area contributed by atoms with Gasteiger partial charge in [-0.2, -0.15) is 0 Å². The highest BCUT2D eigenvalue weighted by atomic mass is 14.7. The smallest absolute Gasteiger partial charge is 0.0708 e. The van der Waals surface area contributed by atoms with E-state index in [1.54, 1.807) is 0 Å². The van der Waals surface area contributed by atoms with Crippen molar-refractivity contribution in [2.75, 3.05) is 0 Å². The Morgan fingerprint density at radius 3 is 1.00 bits per heavy atom. The summed E-state index contributed by atoms with van der Waals surface area (Å²) in [5.41, 5.74) is 22.5. The molecule has 3 heterocycles. The molecule has 3 aromatic heterocycles. The van der Waals surface area contributed by atoms with E-state index in [0.717, 1.165) is 80.0 Å². The van der Waals surface area contributed by atoms with Crippen molar-refractivity contribution in [1.82, 2.24) is 15.0 Å². The summed E-state index contributed by atoms with van der Waals surface area (Å²) in [6, 6.07) is 76.2. The SMILES string of the molecule is C1=CC(c2ccnc(-c3ccc(-c4ccccc4-c4cc(-c5ccccc5-c5ccc(-c6ccccn6)cc5)cc(-c5ccccc5-c5ccc(-c6ccccn6)cc5)c4)cc3)c2)=CCC1. The first-order chi connectivity index (χ1) is 32.7. The van der Waals surface area contributed by atoms with Gasteiger partial charge in [-0.15, -0.1) is 0 Å². The van der Waals surface area contributed by atoms with Crippen molar-refractivity contribution in [3.05, 3.63) is 255 Å². The van der Waals surface area contributed by atoms with Crippen molar-refractivity contribution in [2.45, 2.75) is 12.8 Å². The number of aromatic nitrogens is 3. The van der Waals surface area contributed by atoms with Gasteiger partial charge in [-0.3, -0.25) is 15.0 Å². The van der Waals surface area contributed by atoms with E-state index in [9.17, 15) is 0 Å². The Labute approximate surface area is 386 Å². The van der Waals surface area contributed by atoms with Crippen LogP contribution < -0.4 is 0 Å². The molecule has 0 aliphatic heterocycles. The molecule has 0 unspecified atom stereocenters. The monoisotopic (exact) mass is 843 g/mol.